The molecule has 1 aromatic rings. The molecule has 0 spiro atoms. The quantitative estimate of drug-likeness (QED) is 0.354. The van der Waals surface area contributed by atoms with E-state index in [1.54, 1.807) is 6.92 Å². The van der Waals surface area contributed by atoms with Crippen LogP contribution in [0.4, 0.5) is 5.69 Å². The summed E-state index contributed by atoms with van der Waals surface area (Å²) < 4.78 is 4.57. The number of ether oxygens (including phenoxy) is 1. The third kappa shape index (κ3) is 2.14. The van der Waals surface area contributed by atoms with Crippen LogP contribution in [-0.4, -0.2) is 18.0 Å². The number of hydrogen-bond donors (Lipinski definition) is 0. The molecule has 0 aliphatic rings. The summed E-state index contributed by atoms with van der Waals surface area (Å²) in [7, 11) is 1.22. The van der Waals surface area contributed by atoms with E-state index in [-0.39, 0.29) is 22.7 Å². The van der Waals surface area contributed by atoms with Crippen molar-refractivity contribution < 1.29 is 14.5 Å². The highest BCUT2D eigenvalue weighted by Gasteiger charge is 2.23. The number of rotatable bonds is 3. The van der Waals surface area contributed by atoms with Gasteiger partial charge in [0.1, 0.15) is 0 Å². The number of nitrogens with zero attached hydrogens (tertiary/aromatic N) is 1. The Balaban J connectivity index is 3.50. The molecule has 0 bridgehead atoms. The van der Waals surface area contributed by atoms with Crippen LogP contribution in [0.5, 0.6) is 0 Å². The zero-order valence-corrected chi connectivity index (χ0v) is 9.58. The average molecular weight is 244 g/mol. The van der Waals surface area contributed by atoms with Crippen LogP contribution in [0.15, 0.2) is 12.1 Å². The van der Waals surface area contributed by atoms with Crippen molar-refractivity contribution in [1.82, 2.24) is 0 Å². The maximum Gasteiger partial charge on any atom is 0.338 e. The molecule has 6 heteroatoms. The Morgan fingerprint density at radius 3 is 2.62 bits per heavy atom. The van der Waals surface area contributed by atoms with Crippen molar-refractivity contribution in [1.29, 1.82) is 0 Å². The van der Waals surface area contributed by atoms with Crippen LogP contribution in [0.1, 0.15) is 21.5 Å². The second-order valence-corrected chi connectivity index (χ2v) is 3.40. The molecule has 0 saturated heterocycles. The van der Waals surface area contributed by atoms with Gasteiger partial charge in [-0.25, -0.2) is 4.79 Å². The Morgan fingerprint density at radius 1 is 1.56 bits per heavy atom. The Bertz CT molecular complexity index is 445. The molecule has 0 amide bonds. The lowest BCUT2D eigenvalue weighted by atomic mass is 10.0. The SMILES string of the molecule is COC(=O)c1c(C)ccc([N+](=O)[O-])c1CCl. The van der Waals surface area contributed by atoms with E-state index in [2.05, 4.69) is 4.74 Å². The highest BCUT2D eigenvalue weighted by Crippen LogP contribution is 2.27. The van der Waals surface area contributed by atoms with E-state index in [1.165, 1.54) is 19.2 Å². The molecule has 16 heavy (non-hydrogen) atoms. The number of carbonyl (C=O) groups is 1. The smallest absolute Gasteiger partial charge is 0.338 e. The third-order valence-corrected chi connectivity index (χ3v) is 2.48. The van der Waals surface area contributed by atoms with Gasteiger partial charge in [-0.3, -0.25) is 10.1 Å². The second kappa shape index (κ2) is 4.94. The van der Waals surface area contributed by atoms with Crippen LogP contribution in [0.25, 0.3) is 0 Å². The van der Waals surface area contributed by atoms with Gasteiger partial charge in [0.15, 0.2) is 0 Å². The molecule has 86 valence electrons. The minimum absolute atomic E-state index is 0.109. The molecule has 0 heterocycles. The predicted molar refractivity (Wildman–Crippen MR) is 58.7 cm³/mol. The van der Waals surface area contributed by atoms with Crippen molar-refractivity contribution in [3.05, 3.63) is 38.9 Å². The maximum absolute atomic E-state index is 11.5. The van der Waals surface area contributed by atoms with Crippen LogP contribution in [-0.2, 0) is 10.6 Å². The van der Waals surface area contributed by atoms with Crippen molar-refractivity contribution in [2.45, 2.75) is 12.8 Å². The summed E-state index contributed by atoms with van der Waals surface area (Å²) >= 11 is 5.64. The lowest BCUT2D eigenvalue weighted by molar-refractivity contribution is -0.385. The first-order chi connectivity index (χ1) is 7.52. The highest BCUT2D eigenvalue weighted by atomic mass is 35.5. The van der Waals surface area contributed by atoms with Crippen LogP contribution in [0, 0.1) is 17.0 Å². The zero-order chi connectivity index (χ0) is 12.3. The topological polar surface area (TPSA) is 69.4 Å². The van der Waals surface area contributed by atoms with Gasteiger partial charge < -0.3 is 4.74 Å². The van der Waals surface area contributed by atoms with E-state index in [9.17, 15) is 14.9 Å². The molecule has 1 aromatic carbocycles. The van der Waals surface area contributed by atoms with Crippen molar-refractivity contribution in [2.75, 3.05) is 7.11 Å². The van der Waals surface area contributed by atoms with Gasteiger partial charge in [-0.2, -0.15) is 0 Å². The molecule has 0 atom stereocenters. The number of benzene rings is 1. The maximum atomic E-state index is 11.5. The van der Waals surface area contributed by atoms with Gasteiger partial charge in [-0.05, 0) is 12.5 Å². The third-order valence-electron chi connectivity index (χ3n) is 2.22. The number of esters is 1. The van der Waals surface area contributed by atoms with E-state index in [0.29, 0.717) is 5.56 Å². The highest BCUT2D eigenvalue weighted by molar-refractivity contribution is 6.18. The second-order valence-electron chi connectivity index (χ2n) is 3.14. The van der Waals surface area contributed by atoms with E-state index in [0.717, 1.165) is 0 Å². The molecule has 0 N–H and O–H groups in total. The van der Waals surface area contributed by atoms with E-state index < -0.39 is 10.9 Å². The zero-order valence-electron chi connectivity index (χ0n) is 8.82. The number of nitro groups is 1. The Labute approximate surface area is 97.1 Å². The van der Waals surface area contributed by atoms with Gasteiger partial charge >= 0.3 is 5.97 Å². The molecule has 0 aliphatic heterocycles. The molecule has 0 radical (unpaired) electrons. The fraction of sp³-hybridized carbons (Fsp3) is 0.300. The molecular formula is C10H10ClNO4. The summed E-state index contributed by atoms with van der Waals surface area (Å²) in [6.45, 7) is 1.67. The Hall–Kier alpha value is -1.62. The van der Waals surface area contributed by atoms with Gasteiger partial charge in [0.2, 0.25) is 0 Å². The fourth-order valence-corrected chi connectivity index (χ4v) is 1.72. The van der Waals surface area contributed by atoms with Crippen molar-refractivity contribution in [2.24, 2.45) is 0 Å². The molecule has 0 unspecified atom stereocenters. The number of alkyl halides is 1. The summed E-state index contributed by atoms with van der Waals surface area (Å²) in [5.74, 6) is -0.723. The predicted octanol–water partition coefficient (Wildman–Crippen LogP) is 2.43. The van der Waals surface area contributed by atoms with E-state index >= 15 is 0 Å². The van der Waals surface area contributed by atoms with Gasteiger partial charge in [0.25, 0.3) is 5.69 Å². The van der Waals surface area contributed by atoms with Gasteiger partial charge in [-0.1, -0.05) is 6.07 Å². The number of hydrogen-bond acceptors (Lipinski definition) is 4. The first-order valence-electron chi connectivity index (χ1n) is 4.44. The largest absolute Gasteiger partial charge is 0.465 e. The van der Waals surface area contributed by atoms with E-state index in [1.807, 2.05) is 0 Å². The average Bonchev–Trinajstić information content (AvgIpc) is 2.26. The van der Waals surface area contributed by atoms with Gasteiger partial charge in [-0.15, -0.1) is 11.6 Å². The minimum Gasteiger partial charge on any atom is -0.465 e. The molecular weight excluding hydrogens is 234 g/mol. The number of halogens is 1. The summed E-state index contributed by atoms with van der Waals surface area (Å²) in [6, 6.07) is 2.83. The number of aryl methyl sites for hydroxylation is 1. The lowest BCUT2D eigenvalue weighted by Gasteiger charge is -2.08. The molecule has 5 nitrogen and oxygen atoms in total. The summed E-state index contributed by atoms with van der Waals surface area (Å²) in [5, 5.41) is 10.7. The standard InChI is InChI=1S/C10H10ClNO4/c1-6-3-4-8(12(14)15)7(5-11)9(6)10(13)16-2/h3-4H,5H2,1-2H3. The minimum atomic E-state index is -0.614. The molecule has 0 fully saturated rings. The molecule has 0 saturated carbocycles. The van der Waals surface area contributed by atoms with Crippen LogP contribution in [0.3, 0.4) is 0 Å². The number of methoxy groups -OCH3 is 1. The monoisotopic (exact) mass is 243 g/mol. The Kier molecular flexibility index (Phi) is 3.84. The summed E-state index contributed by atoms with van der Waals surface area (Å²) in [6.07, 6.45) is 0. The van der Waals surface area contributed by atoms with Gasteiger partial charge in [0, 0.05) is 6.07 Å². The van der Waals surface area contributed by atoms with Gasteiger partial charge in [0.05, 0.1) is 29.0 Å². The summed E-state index contributed by atoms with van der Waals surface area (Å²) in [4.78, 5) is 21.7. The van der Waals surface area contributed by atoms with Crippen LogP contribution >= 0.6 is 11.6 Å². The molecule has 1 rings (SSSR count). The number of nitro benzene ring substituents is 1. The summed E-state index contributed by atoms with van der Waals surface area (Å²) in [5.41, 5.74) is 0.805. The first kappa shape index (κ1) is 12.4. The molecule has 0 aliphatic carbocycles. The first-order valence-corrected chi connectivity index (χ1v) is 4.97. The van der Waals surface area contributed by atoms with Crippen molar-refractivity contribution in [3.63, 3.8) is 0 Å². The van der Waals surface area contributed by atoms with Crippen molar-refractivity contribution in [3.8, 4) is 0 Å². The van der Waals surface area contributed by atoms with Crippen molar-refractivity contribution >= 4 is 23.3 Å². The lowest BCUT2D eigenvalue weighted by Crippen LogP contribution is -2.09. The normalized spacial score (nSPS) is 9.94. The van der Waals surface area contributed by atoms with Crippen LogP contribution < -0.4 is 0 Å². The van der Waals surface area contributed by atoms with E-state index in [4.69, 9.17) is 11.6 Å². The van der Waals surface area contributed by atoms with Crippen LogP contribution in [0.2, 0.25) is 0 Å². The Morgan fingerprint density at radius 2 is 2.19 bits per heavy atom. The molecule has 0 aromatic heterocycles. The number of carbonyl (C=O) groups excluding carboxylic acids is 1. The fourth-order valence-electron chi connectivity index (χ4n) is 1.45.